The third-order valence-electron chi connectivity index (χ3n) is 15.1. The summed E-state index contributed by atoms with van der Waals surface area (Å²) in [7, 11) is 0. The van der Waals surface area contributed by atoms with Gasteiger partial charge in [0.05, 0.1) is 22.1 Å². The van der Waals surface area contributed by atoms with Crippen LogP contribution in [0.5, 0.6) is 0 Å². The van der Waals surface area contributed by atoms with Crippen molar-refractivity contribution in [3.63, 3.8) is 0 Å². The van der Waals surface area contributed by atoms with Crippen molar-refractivity contribution in [3.05, 3.63) is 265 Å². The molecule has 0 N–H and O–H groups in total. The van der Waals surface area contributed by atoms with Crippen LogP contribution in [0.1, 0.15) is 22.3 Å². The molecule has 1 spiro atoms. The largest absolute Gasteiger partial charge is 0.310 e. The van der Waals surface area contributed by atoms with E-state index in [1.165, 1.54) is 109 Å². The fourth-order valence-corrected chi connectivity index (χ4v) is 12.5. The van der Waals surface area contributed by atoms with Crippen molar-refractivity contribution in [2.75, 3.05) is 4.90 Å². The lowest BCUT2D eigenvalue weighted by molar-refractivity contribution is 0.793. The lowest BCUT2D eigenvalue weighted by Crippen LogP contribution is -2.26. The maximum Gasteiger partial charge on any atom is 0.0726 e. The Bertz CT molecular complexity index is 4130. The first kappa shape index (κ1) is 36.6. The van der Waals surface area contributed by atoms with Crippen molar-refractivity contribution in [2.45, 2.75) is 5.41 Å². The number of fused-ring (bicyclic) bond motifs is 21. The fraction of sp³-hybridized carbons (Fsp3) is 0.0154. The molecule has 12 aromatic carbocycles. The molecule has 310 valence electrons. The molecule has 0 unspecified atom stereocenters. The third kappa shape index (κ3) is 4.83. The molecular formula is C65H40N2. The SMILES string of the molecule is c1ccc(-n2c3ccccc3c3c4c(N(c5ccc6c(c5)C5(c7ccccc7-c7ccccc75)c5ccccc5-6)c5ccc6c7ccccc7c7ccccc7c6c5)cccc4ccc32)cc1. The Morgan fingerprint density at radius 1 is 0.299 bits per heavy atom. The van der Waals surface area contributed by atoms with Gasteiger partial charge in [0.25, 0.3) is 0 Å². The number of anilines is 3. The number of nitrogens with zero attached hydrogens (tertiary/aromatic N) is 2. The number of aromatic nitrogens is 1. The lowest BCUT2D eigenvalue weighted by Gasteiger charge is -2.32. The van der Waals surface area contributed by atoms with E-state index in [0.29, 0.717) is 0 Å². The molecule has 1 heterocycles. The zero-order chi connectivity index (χ0) is 43.8. The first-order valence-corrected chi connectivity index (χ1v) is 23.3. The maximum absolute atomic E-state index is 2.56. The zero-order valence-electron chi connectivity index (χ0n) is 36.5. The van der Waals surface area contributed by atoms with Gasteiger partial charge in [-0.05, 0) is 137 Å². The van der Waals surface area contributed by atoms with Crippen molar-refractivity contribution in [1.82, 2.24) is 4.57 Å². The summed E-state index contributed by atoms with van der Waals surface area (Å²) in [6.45, 7) is 0. The van der Waals surface area contributed by atoms with Crippen LogP contribution in [0.3, 0.4) is 0 Å². The van der Waals surface area contributed by atoms with Crippen LogP contribution in [0, 0.1) is 0 Å². The smallest absolute Gasteiger partial charge is 0.0726 e. The number of benzene rings is 12. The zero-order valence-corrected chi connectivity index (χ0v) is 36.5. The number of rotatable bonds is 4. The molecule has 0 aliphatic heterocycles. The number of para-hydroxylation sites is 2. The van der Waals surface area contributed by atoms with Gasteiger partial charge >= 0.3 is 0 Å². The third-order valence-corrected chi connectivity index (χ3v) is 15.1. The second-order valence-corrected chi connectivity index (χ2v) is 18.3. The summed E-state index contributed by atoms with van der Waals surface area (Å²) < 4.78 is 2.43. The van der Waals surface area contributed by atoms with E-state index in [9.17, 15) is 0 Å². The Morgan fingerprint density at radius 3 is 1.46 bits per heavy atom. The minimum absolute atomic E-state index is 0.478. The van der Waals surface area contributed by atoms with E-state index in [0.717, 1.165) is 22.7 Å². The van der Waals surface area contributed by atoms with Gasteiger partial charge in [0.15, 0.2) is 0 Å². The summed E-state index contributed by atoms with van der Waals surface area (Å²) in [5, 5.41) is 12.5. The van der Waals surface area contributed by atoms with Crippen LogP contribution < -0.4 is 4.90 Å². The minimum Gasteiger partial charge on any atom is -0.310 e. The highest BCUT2D eigenvalue weighted by Crippen LogP contribution is 2.63. The molecule has 67 heavy (non-hydrogen) atoms. The fourth-order valence-electron chi connectivity index (χ4n) is 12.5. The number of hydrogen-bond donors (Lipinski definition) is 0. The van der Waals surface area contributed by atoms with Gasteiger partial charge < -0.3 is 9.47 Å². The minimum atomic E-state index is -0.478. The van der Waals surface area contributed by atoms with Gasteiger partial charge in [-0.3, -0.25) is 0 Å². The predicted molar refractivity (Wildman–Crippen MR) is 282 cm³/mol. The van der Waals surface area contributed by atoms with E-state index in [2.05, 4.69) is 252 Å². The van der Waals surface area contributed by atoms with E-state index in [-0.39, 0.29) is 0 Å². The Kier molecular flexibility index (Phi) is 7.46. The highest BCUT2D eigenvalue weighted by atomic mass is 15.1. The van der Waals surface area contributed by atoms with Crippen molar-refractivity contribution in [1.29, 1.82) is 0 Å². The van der Waals surface area contributed by atoms with Gasteiger partial charge in [-0.25, -0.2) is 0 Å². The highest BCUT2D eigenvalue weighted by molar-refractivity contribution is 6.27. The highest BCUT2D eigenvalue weighted by Gasteiger charge is 2.51. The van der Waals surface area contributed by atoms with E-state index in [1.54, 1.807) is 0 Å². The summed E-state index contributed by atoms with van der Waals surface area (Å²) in [5.74, 6) is 0. The summed E-state index contributed by atoms with van der Waals surface area (Å²) in [6, 6.07) is 90.8. The predicted octanol–water partition coefficient (Wildman–Crippen LogP) is 17.2. The summed E-state index contributed by atoms with van der Waals surface area (Å²) in [5.41, 5.74) is 17.0. The molecule has 0 atom stereocenters. The average molecular weight is 849 g/mol. The molecule has 2 aliphatic rings. The molecule has 15 rings (SSSR count). The van der Waals surface area contributed by atoms with Crippen LogP contribution >= 0.6 is 0 Å². The first-order chi connectivity index (χ1) is 33.3. The standard InChI is InChI=1S/C65H40N2/c1-2-18-42(19-3-1)67-60-31-15-11-27-54(60)64-62(67)38-33-41-17-16-32-61(63(41)64)66(43-34-36-49-47-22-5-4-20-45(47)46-21-6-7-23-48(46)55(49)39-43)44-35-37-53-52-26-10-14-30-58(52)65(59(53)40-44)56-28-12-8-24-50(56)51-25-9-13-29-57(51)65/h1-40H. The van der Waals surface area contributed by atoms with Crippen LogP contribution in [-0.2, 0) is 5.41 Å². The molecule has 2 heteroatoms. The molecule has 0 bridgehead atoms. The van der Waals surface area contributed by atoms with Crippen molar-refractivity contribution in [3.8, 4) is 27.9 Å². The molecule has 13 aromatic rings. The monoisotopic (exact) mass is 848 g/mol. The molecule has 0 saturated carbocycles. The van der Waals surface area contributed by atoms with Gasteiger partial charge in [-0.2, -0.15) is 0 Å². The first-order valence-electron chi connectivity index (χ1n) is 23.3. The second-order valence-electron chi connectivity index (χ2n) is 18.3. The molecule has 1 aromatic heterocycles. The Labute approximate surface area is 387 Å². The second kappa shape index (κ2) is 13.7. The van der Waals surface area contributed by atoms with Gasteiger partial charge in [0.1, 0.15) is 0 Å². The maximum atomic E-state index is 2.56. The van der Waals surface area contributed by atoms with Gasteiger partial charge in [-0.15, -0.1) is 0 Å². The Morgan fingerprint density at radius 2 is 0.806 bits per heavy atom. The van der Waals surface area contributed by atoms with Gasteiger partial charge in [0, 0.05) is 33.2 Å². The number of hydrogen-bond acceptors (Lipinski definition) is 1. The summed E-state index contributed by atoms with van der Waals surface area (Å²) >= 11 is 0. The van der Waals surface area contributed by atoms with Crippen LogP contribution in [-0.4, -0.2) is 4.57 Å². The molecule has 0 saturated heterocycles. The van der Waals surface area contributed by atoms with Crippen LogP contribution in [0.4, 0.5) is 17.1 Å². The van der Waals surface area contributed by atoms with Crippen LogP contribution in [0.25, 0.3) is 92.8 Å². The van der Waals surface area contributed by atoms with Crippen LogP contribution in [0.15, 0.2) is 243 Å². The van der Waals surface area contributed by atoms with Crippen molar-refractivity contribution >= 4 is 82.0 Å². The van der Waals surface area contributed by atoms with Crippen molar-refractivity contribution in [2.24, 2.45) is 0 Å². The van der Waals surface area contributed by atoms with Gasteiger partial charge in [-0.1, -0.05) is 188 Å². The van der Waals surface area contributed by atoms with E-state index >= 15 is 0 Å². The van der Waals surface area contributed by atoms with E-state index < -0.39 is 5.41 Å². The summed E-state index contributed by atoms with van der Waals surface area (Å²) in [6.07, 6.45) is 0. The Balaban J connectivity index is 1.08. The molecule has 2 nitrogen and oxygen atoms in total. The Hall–Kier alpha value is -8.72. The topological polar surface area (TPSA) is 8.17 Å². The molecular weight excluding hydrogens is 809 g/mol. The quantitative estimate of drug-likeness (QED) is 0.160. The molecule has 0 amide bonds. The molecule has 0 fully saturated rings. The van der Waals surface area contributed by atoms with Crippen molar-refractivity contribution < 1.29 is 0 Å². The lowest BCUT2D eigenvalue weighted by atomic mass is 9.70. The van der Waals surface area contributed by atoms with E-state index in [1.807, 2.05) is 0 Å². The van der Waals surface area contributed by atoms with E-state index in [4.69, 9.17) is 0 Å². The normalized spacial score (nSPS) is 13.2. The molecule has 2 aliphatic carbocycles. The van der Waals surface area contributed by atoms with Gasteiger partial charge in [0.2, 0.25) is 0 Å². The average Bonchev–Trinajstić information content (AvgIpc) is 4.01. The summed E-state index contributed by atoms with van der Waals surface area (Å²) in [4.78, 5) is 2.56. The molecule has 0 radical (unpaired) electrons. The van der Waals surface area contributed by atoms with Crippen LogP contribution in [0.2, 0.25) is 0 Å².